The Morgan fingerprint density at radius 1 is 1.19 bits per heavy atom. The van der Waals surface area contributed by atoms with Crippen molar-refractivity contribution in [1.82, 2.24) is 9.78 Å². The summed E-state index contributed by atoms with van der Waals surface area (Å²) in [7, 11) is 0. The zero-order valence-corrected chi connectivity index (χ0v) is 15.2. The molecule has 1 heterocycles. The van der Waals surface area contributed by atoms with Crippen molar-refractivity contribution in [3.8, 4) is 5.75 Å². The number of nitrogens with zero attached hydrogens (tertiary/aromatic N) is 2. The first-order chi connectivity index (χ1) is 12.9. The minimum atomic E-state index is -2.96. The van der Waals surface area contributed by atoms with E-state index in [1.165, 1.54) is 24.3 Å². The second-order valence-corrected chi connectivity index (χ2v) is 6.34. The van der Waals surface area contributed by atoms with Gasteiger partial charge in [0.05, 0.1) is 6.54 Å². The Hall–Kier alpha value is -2.64. The van der Waals surface area contributed by atoms with Crippen LogP contribution in [-0.2, 0) is 6.54 Å². The molecule has 9 heteroatoms. The van der Waals surface area contributed by atoms with E-state index in [9.17, 15) is 13.6 Å². The second kappa shape index (κ2) is 8.37. The van der Waals surface area contributed by atoms with Crippen molar-refractivity contribution in [2.75, 3.05) is 5.32 Å². The molecule has 1 amide bonds. The van der Waals surface area contributed by atoms with Crippen molar-refractivity contribution in [3.63, 3.8) is 0 Å². The fourth-order valence-electron chi connectivity index (χ4n) is 2.34. The van der Waals surface area contributed by atoms with E-state index < -0.39 is 12.5 Å². The number of alkyl halides is 2. The average molecular weight is 412 g/mol. The molecule has 0 unspecified atom stereocenters. The highest BCUT2D eigenvalue weighted by Gasteiger charge is 2.11. The lowest BCUT2D eigenvalue weighted by atomic mass is 10.2. The number of benzene rings is 2. The summed E-state index contributed by atoms with van der Waals surface area (Å²) in [6.45, 7) is -2.57. The molecule has 0 saturated carbocycles. The zero-order chi connectivity index (χ0) is 19.4. The third kappa shape index (κ3) is 5.18. The van der Waals surface area contributed by atoms with Crippen LogP contribution in [0.5, 0.6) is 5.75 Å². The molecular formula is C18H13Cl2F2N3O2. The molecule has 27 heavy (non-hydrogen) atoms. The highest BCUT2D eigenvalue weighted by Crippen LogP contribution is 2.22. The summed E-state index contributed by atoms with van der Waals surface area (Å²) in [4.78, 5) is 12.3. The van der Waals surface area contributed by atoms with Gasteiger partial charge in [-0.15, -0.1) is 0 Å². The molecule has 3 aromatic rings. The number of rotatable bonds is 6. The summed E-state index contributed by atoms with van der Waals surface area (Å²) >= 11 is 12.0. The van der Waals surface area contributed by atoms with Gasteiger partial charge in [-0.25, -0.2) is 0 Å². The number of ether oxygens (including phenoxy) is 1. The lowest BCUT2D eigenvalue weighted by Gasteiger charge is -2.07. The highest BCUT2D eigenvalue weighted by atomic mass is 35.5. The van der Waals surface area contributed by atoms with Gasteiger partial charge in [-0.1, -0.05) is 35.3 Å². The molecule has 1 aromatic heterocycles. The molecule has 0 bridgehead atoms. The number of hydrogen-bond donors (Lipinski definition) is 1. The Bertz CT molecular complexity index is 963. The minimum Gasteiger partial charge on any atom is -0.435 e. The highest BCUT2D eigenvalue weighted by molar-refractivity contribution is 6.35. The molecule has 0 aliphatic rings. The normalized spacial score (nSPS) is 10.9. The van der Waals surface area contributed by atoms with Crippen LogP contribution in [0, 0.1) is 0 Å². The standard InChI is InChI=1S/C18H13Cl2F2N3O2/c19-13-5-4-12(15(20)9-13)10-25-7-6-16(24-25)23-17(26)11-2-1-3-14(8-11)27-18(21)22/h1-9,18H,10H2,(H,23,24,26). The van der Waals surface area contributed by atoms with Crippen LogP contribution < -0.4 is 10.1 Å². The average Bonchev–Trinajstić information content (AvgIpc) is 3.04. The van der Waals surface area contributed by atoms with Gasteiger partial charge >= 0.3 is 6.61 Å². The molecule has 0 radical (unpaired) electrons. The number of carbonyl (C=O) groups is 1. The quantitative estimate of drug-likeness (QED) is 0.614. The summed E-state index contributed by atoms with van der Waals surface area (Å²) in [5.41, 5.74) is 0.988. The largest absolute Gasteiger partial charge is 0.435 e. The summed E-state index contributed by atoms with van der Waals surface area (Å²) < 4.78 is 30.4. The van der Waals surface area contributed by atoms with Gasteiger partial charge in [0.2, 0.25) is 0 Å². The SMILES string of the molecule is O=C(Nc1ccn(Cc2ccc(Cl)cc2Cl)n1)c1cccc(OC(F)F)c1. The molecule has 0 aliphatic heterocycles. The van der Waals surface area contributed by atoms with Gasteiger partial charge in [-0.05, 0) is 35.9 Å². The van der Waals surface area contributed by atoms with Crippen molar-refractivity contribution in [2.24, 2.45) is 0 Å². The molecular weight excluding hydrogens is 399 g/mol. The number of carbonyl (C=O) groups excluding carboxylic acids is 1. The van der Waals surface area contributed by atoms with E-state index in [4.69, 9.17) is 23.2 Å². The van der Waals surface area contributed by atoms with Gasteiger partial charge in [0.25, 0.3) is 5.91 Å². The molecule has 0 spiro atoms. The Morgan fingerprint density at radius 3 is 2.74 bits per heavy atom. The van der Waals surface area contributed by atoms with Crippen LogP contribution in [0.2, 0.25) is 10.0 Å². The Kier molecular flexibility index (Phi) is 5.93. The topological polar surface area (TPSA) is 56.2 Å². The van der Waals surface area contributed by atoms with Crippen molar-refractivity contribution in [2.45, 2.75) is 13.2 Å². The van der Waals surface area contributed by atoms with Gasteiger partial charge in [0.15, 0.2) is 5.82 Å². The molecule has 140 valence electrons. The van der Waals surface area contributed by atoms with Crippen molar-refractivity contribution in [3.05, 3.63) is 75.9 Å². The van der Waals surface area contributed by atoms with E-state index in [0.717, 1.165) is 5.56 Å². The maximum atomic E-state index is 12.3. The van der Waals surface area contributed by atoms with E-state index >= 15 is 0 Å². The van der Waals surface area contributed by atoms with Gasteiger partial charge in [0, 0.05) is 27.9 Å². The predicted molar refractivity (Wildman–Crippen MR) is 98.8 cm³/mol. The number of amides is 1. The summed E-state index contributed by atoms with van der Waals surface area (Å²) in [5, 5.41) is 7.90. The molecule has 1 N–H and O–H groups in total. The molecule has 0 atom stereocenters. The minimum absolute atomic E-state index is 0.0967. The first-order valence-electron chi connectivity index (χ1n) is 7.74. The number of aromatic nitrogens is 2. The summed E-state index contributed by atoms with van der Waals surface area (Å²) in [6.07, 6.45) is 1.68. The van der Waals surface area contributed by atoms with Crippen molar-refractivity contribution >= 4 is 34.9 Å². The molecule has 0 aliphatic carbocycles. The monoisotopic (exact) mass is 411 g/mol. The summed E-state index contributed by atoms with van der Waals surface area (Å²) in [6, 6.07) is 12.3. The Balaban J connectivity index is 1.67. The number of halogens is 4. The lowest BCUT2D eigenvalue weighted by molar-refractivity contribution is -0.0498. The van der Waals surface area contributed by atoms with Gasteiger partial charge in [-0.3, -0.25) is 9.48 Å². The third-order valence-electron chi connectivity index (χ3n) is 3.55. The van der Waals surface area contributed by atoms with Crippen LogP contribution in [-0.4, -0.2) is 22.3 Å². The van der Waals surface area contributed by atoms with E-state index in [0.29, 0.717) is 22.4 Å². The maximum Gasteiger partial charge on any atom is 0.387 e. The Morgan fingerprint density at radius 2 is 2.00 bits per heavy atom. The van der Waals surface area contributed by atoms with Crippen LogP contribution >= 0.6 is 23.2 Å². The van der Waals surface area contributed by atoms with Crippen LogP contribution in [0.1, 0.15) is 15.9 Å². The van der Waals surface area contributed by atoms with Crippen LogP contribution in [0.15, 0.2) is 54.7 Å². The van der Waals surface area contributed by atoms with E-state index in [1.807, 2.05) is 0 Å². The molecule has 0 fully saturated rings. The van der Waals surface area contributed by atoms with Crippen molar-refractivity contribution in [1.29, 1.82) is 0 Å². The van der Waals surface area contributed by atoms with Gasteiger partial charge in [-0.2, -0.15) is 13.9 Å². The van der Waals surface area contributed by atoms with E-state index in [-0.39, 0.29) is 11.3 Å². The van der Waals surface area contributed by atoms with E-state index in [1.54, 1.807) is 35.1 Å². The first kappa shape index (κ1) is 19.1. The number of hydrogen-bond acceptors (Lipinski definition) is 3. The van der Waals surface area contributed by atoms with Crippen LogP contribution in [0.3, 0.4) is 0 Å². The fraction of sp³-hybridized carbons (Fsp3) is 0.111. The molecule has 3 rings (SSSR count). The first-order valence-corrected chi connectivity index (χ1v) is 8.50. The molecule has 5 nitrogen and oxygen atoms in total. The van der Waals surface area contributed by atoms with Crippen LogP contribution in [0.25, 0.3) is 0 Å². The fourth-order valence-corrected chi connectivity index (χ4v) is 2.81. The third-order valence-corrected chi connectivity index (χ3v) is 4.14. The van der Waals surface area contributed by atoms with Crippen LogP contribution in [0.4, 0.5) is 14.6 Å². The lowest BCUT2D eigenvalue weighted by Crippen LogP contribution is -2.13. The number of anilines is 1. The maximum absolute atomic E-state index is 12.3. The zero-order valence-electron chi connectivity index (χ0n) is 13.7. The number of nitrogens with one attached hydrogen (secondary N) is 1. The Labute approximate surface area is 163 Å². The smallest absolute Gasteiger partial charge is 0.387 e. The van der Waals surface area contributed by atoms with Gasteiger partial charge < -0.3 is 10.1 Å². The van der Waals surface area contributed by atoms with E-state index in [2.05, 4.69) is 15.2 Å². The van der Waals surface area contributed by atoms with Gasteiger partial charge in [0.1, 0.15) is 5.75 Å². The van der Waals surface area contributed by atoms with Crippen molar-refractivity contribution < 1.29 is 18.3 Å². The summed E-state index contributed by atoms with van der Waals surface area (Å²) in [5.74, 6) is -0.282. The second-order valence-electron chi connectivity index (χ2n) is 5.49. The molecule has 0 saturated heterocycles. The predicted octanol–water partition coefficient (Wildman–Crippen LogP) is 5.09. The molecule has 2 aromatic carbocycles.